The molecule has 1 N–H and O–H groups in total. The molecule has 16 heavy (non-hydrogen) atoms. The monoisotopic (exact) mass is 220 g/mol. The normalized spacial score (nSPS) is 17.9. The van der Waals surface area contributed by atoms with Crippen LogP contribution >= 0.6 is 0 Å². The van der Waals surface area contributed by atoms with Gasteiger partial charge in [-0.2, -0.15) is 0 Å². The Bertz CT molecular complexity index is 354. The first-order chi connectivity index (χ1) is 7.66. The van der Waals surface area contributed by atoms with Crippen LogP contribution in [0.4, 0.5) is 0 Å². The predicted octanol–water partition coefficient (Wildman–Crippen LogP) is 3.23. The summed E-state index contributed by atoms with van der Waals surface area (Å²) in [7, 11) is 0. The summed E-state index contributed by atoms with van der Waals surface area (Å²) in [5.74, 6) is 1.57. The third-order valence-corrected chi connectivity index (χ3v) is 3.32. The van der Waals surface area contributed by atoms with Gasteiger partial charge in [-0.15, -0.1) is 0 Å². The number of hydrogen-bond acceptors (Lipinski definition) is 2. The number of benzene rings is 1. The molecule has 2 heteroatoms. The van der Waals surface area contributed by atoms with E-state index in [1.165, 1.54) is 24.8 Å². The highest BCUT2D eigenvalue weighted by molar-refractivity contribution is 5.38. The van der Waals surface area contributed by atoms with Gasteiger partial charge in [0.1, 0.15) is 5.75 Å². The van der Waals surface area contributed by atoms with Crippen LogP contribution in [0.15, 0.2) is 18.2 Å². The number of aryl methyl sites for hydroxylation is 1. The second-order valence-electron chi connectivity index (χ2n) is 4.83. The molecule has 1 fully saturated rings. The second-order valence-corrected chi connectivity index (χ2v) is 4.83. The van der Waals surface area contributed by atoms with E-state index in [4.69, 9.17) is 4.74 Å². The lowest BCUT2D eigenvalue weighted by molar-refractivity contribution is 0.164. The smallest absolute Gasteiger partial charge is 0.125 e. The predicted molar refractivity (Wildman–Crippen MR) is 64.6 cm³/mol. The quantitative estimate of drug-likeness (QED) is 0.844. The van der Waals surface area contributed by atoms with Gasteiger partial charge < -0.3 is 9.84 Å². The maximum Gasteiger partial charge on any atom is 0.125 e. The van der Waals surface area contributed by atoms with Crippen LogP contribution in [0.2, 0.25) is 0 Å². The highest BCUT2D eigenvalue weighted by Gasteiger charge is 2.19. The summed E-state index contributed by atoms with van der Waals surface area (Å²) in [6, 6.07) is 5.98. The lowest BCUT2D eigenvalue weighted by Crippen LogP contribution is -2.19. The van der Waals surface area contributed by atoms with Crippen molar-refractivity contribution in [3.05, 3.63) is 29.3 Å². The van der Waals surface area contributed by atoms with Crippen LogP contribution in [-0.4, -0.2) is 11.7 Å². The van der Waals surface area contributed by atoms with Crippen molar-refractivity contribution < 1.29 is 9.84 Å². The molecular formula is C14H20O2. The molecule has 0 amide bonds. The van der Waals surface area contributed by atoms with E-state index in [0.29, 0.717) is 0 Å². The molecule has 2 rings (SSSR count). The summed E-state index contributed by atoms with van der Waals surface area (Å²) in [5.41, 5.74) is 2.07. The highest BCUT2D eigenvalue weighted by Crippen LogP contribution is 2.30. The Kier molecular flexibility index (Phi) is 3.49. The molecular weight excluding hydrogens is 200 g/mol. The van der Waals surface area contributed by atoms with Gasteiger partial charge in [0.15, 0.2) is 0 Å². The minimum absolute atomic E-state index is 0.461. The maximum absolute atomic E-state index is 9.65. The number of hydrogen-bond donors (Lipinski definition) is 1. The molecule has 0 heterocycles. The van der Waals surface area contributed by atoms with Gasteiger partial charge in [0.25, 0.3) is 0 Å². The first kappa shape index (κ1) is 11.5. The summed E-state index contributed by atoms with van der Waals surface area (Å²) >= 11 is 0. The summed E-state index contributed by atoms with van der Waals surface area (Å²) < 4.78 is 5.82. The molecule has 1 aliphatic carbocycles. The van der Waals surface area contributed by atoms with E-state index in [1.807, 2.05) is 25.1 Å². The van der Waals surface area contributed by atoms with Crippen LogP contribution in [-0.2, 0) is 0 Å². The molecule has 1 saturated carbocycles. The Labute approximate surface area is 97.3 Å². The van der Waals surface area contributed by atoms with E-state index in [1.54, 1.807) is 6.92 Å². The van der Waals surface area contributed by atoms with Crippen LogP contribution < -0.4 is 4.74 Å². The maximum atomic E-state index is 9.65. The van der Waals surface area contributed by atoms with Gasteiger partial charge in [0, 0.05) is 5.56 Å². The Morgan fingerprint density at radius 3 is 2.75 bits per heavy atom. The van der Waals surface area contributed by atoms with E-state index >= 15 is 0 Å². The minimum Gasteiger partial charge on any atom is -0.493 e. The van der Waals surface area contributed by atoms with Crippen molar-refractivity contribution in [2.75, 3.05) is 6.61 Å². The zero-order chi connectivity index (χ0) is 11.5. The molecule has 88 valence electrons. The molecule has 2 nitrogen and oxygen atoms in total. The fourth-order valence-corrected chi connectivity index (χ4v) is 1.98. The molecule has 0 aliphatic heterocycles. The van der Waals surface area contributed by atoms with Crippen LogP contribution in [0.25, 0.3) is 0 Å². The van der Waals surface area contributed by atoms with Crippen LogP contribution in [0.3, 0.4) is 0 Å². The fraction of sp³-hybridized carbons (Fsp3) is 0.571. The lowest BCUT2D eigenvalue weighted by atomic mass is 9.86. The third-order valence-electron chi connectivity index (χ3n) is 3.32. The van der Waals surface area contributed by atoms with E-state index in [-0.39, 0.29) is 0 Å². The molecule has 0 aromatic heterocycles. The van der Waals surface area contributed by atoms with Gasteiger partial charge in [-0.25, -0.2) is 0 Å². The molecule has 1 aromatic carbocycles. The molecule has 0 saturated heterocycles. The first-order valence-corrected chi connectivity index (χ1v) is 6.08. The number of rotatable bonds is 4. The van der Waals surface area contributed by atoms with Gasteiger partial charge in [0.05, 0.1) is 12.7 Å². The standard InChI is InChI=1S/C14H20O2/c1-10-6-7-13(11(2)15)14(8-10)16-9-12-4-3-5-12/h6-8,11-12,15H,3-5,9H2,1-2H3. The van der Waals surface area contributed by atoms with E-state index in [2.05, 4.69) is 0 Å². The van der Waals surface area contributed by atoms with Crippen LogP contribution in [0.5, 0.6) is 5.75 Å². The fourth-order valence-electron chi connectivity index (χ4n) is 1.98. The molecule has 0 spiro atoms. The van der Waals surface area contributed by atoms with Gasteiger partial charge in [-0.1, -0.05) is 18.6 Å². The van der Waals surface area contributed by atoms with Crippen molar-refractivity contribution in [1.29, 1.82) is 0 Å². The average Bonchev–Trinajstić information content (AvgIpc) is 2.14. The van der Waals surface area contributed by atoms with Gasteiger partial charge in [-0.05, 0) is 44.2 Å². The Balaban J connectivity index is 2.06. The van der Waals surface area contributed by atoms with Gasteiger partial charge in [-0.3, -0.25) is 0 Å². The lowest BCUT2D eigenvalue weighted by Gasteiger charge is -2.26. The van der Waals surface area contributed by atoms with Crippen molar-refractivity contribution >= 4 is 0 Å². The largest absolute Gasteiger partial charge is 0.493 e. The summed E-state index contributed by atoms with van der Waals surface area (Å²) in [4.78, 5) is 0. The minimum atomic E-state index is -0.461. The summed E-state index contributed by atoms with van der Waals surface area (Å²) in [6.07, 6.45) is 3.45. The Hall–Kier alpha value is -1.02. The summed E-state index contributed by atoms with van der Waals surface area (Å²) in [6.45, 7) is 4.62. The molecule has 1 unspecified atom stereocenters. The topological polar surface area (TPSA) is 29.5 Å². The second kappa shape index (κ2) is 4.88. The van der Waals surface area contributed by atoms with Crippen molar-refractivity contribution in [2.45, 2.75) is 39.2 Å². The van der Waals surface area contributed by atoms with Gasteiger partial charge in [0.2, 0.25) is 0 Å². The van der Waals surface area contributed by atoms with E-state index < -0.39 is 6.10 Å². The SMILES string of the molecule is Cc1ccc(C(C)O)c(OCC2CCC2)c1. The first-order valence-electron chi connectivity index (χ1n) is 6.08. The highest BCUT2D eigenvalue weighted by atomic mass is 16.5. The van der Waals surface area contributed by atoms with Crippen LogP contribution in [0.1, 0.15) is 43.4 Å². The third kappa shape index (κ3) is 2.56. The van der Waals surface area contributed by atoms with Crippen molar-refractivity contribution in [3.8, 4) is 5.75 Å². The van der Waals surface area contributed by atoms with Gasteiger partial charge >= 0.3 is 0 Å². The number of aliphatic hydroxyl groups excluding tert-OH is 1. The number of aliphatic hydroxyl groups is 1. The molecule has 0 radical (unpaired) electrons. The van der Waals surface area contributed by atoms with Crippen molar-refractivity contribution in [2.24, 2.45) is 5.92 Å². The molecule has 1 aliphatic rings. The molecule has 1 aromatic rings. The van der Waals surface area contributed by atoms with Crippen molar-refractivity contribution in [1.82, 2.24) is 0 Å². The number of ether oxygens (including phenoxy) is 1. The zero-order valence-electron chi connectivity index (χ0n) is 10.1. The molecule has 1 atom stereocenters. The Morgan fingerprint density at radius 1 is 1.44 bits per heavy atom. The van der Waals surface area contributed by atoms with E-state index in [0.717, 1.165) is 23.8 Å². The van der Waals surface area contributed by atoms with Crippen molar-refractivity contribution in [3.63, 3.8) is 0 Å². The van der Waals surface area contributed by atoms with E-state index in [9.17, 15) is 5.11 Å². The van der Waals surface area contributed by atoms with Crippen LogP contribution in [0, 0.1) is 12.8 Å². The summed E-state index contributed by atoms with van der Waals surface area (Å²) in [5, 5.41) is 9.65. The Morgan fingerprint density at radius 2 is 2.19 bits per heavy atom. The molecule has 0 bridgehead atoms. The zero-order valence-corrected chi connectivity index (χ0v) is 10.1. The average molecular weight is 220 g/mol.